The number of nitrogens with zero attached hydrogens (tertiary/aromatic N) is 3. The summed E-state index contributed by atoms with van der Waals surface area (Å²) in [5, 5.41) is 3.25. The first-order valence-electron chi connectivity index (χ1n) is 7.88. The fourth-order valence-electron chi connectivity index (χ4n) is 3.28. The lowest BCUT2D eigenvalue weighted by atomic mass is 9.92. The zero-order chi connectivity index (χ0) is 13.9. The topological polar surface area (TPSA) is 50.2 Å². The average molecular weight is 276 g/mol. The van der Waals surface area contributed by atoms with Crippen LogP contribution < -0.4 is 5.32 Å². The SMILES string of the molecule is CCCC1CCN(C(=O)c2cn3c(n2)NCCC3)CC1. The normalized spacial score (nSPS) is 19.6. The second kappa shape index (κ2) is 5.85. The number of carbonyl (C=O) groups is 1. The van der Waals surface area contributed by atoms with Gasteiger partial charge in [0.05, 0.1) is 0 Å². The molecule has 1 aromatic heterocycles. The van der Waals surface area contributed by atoms with Crippen LogP contribution >= 0.6 is 0 Å². The Morgan fingerprint density at radius 3 is 2.90 bits per heavy atom. The van der Waals surface area contributed by atoms with Gasteiger partial charge in [-0.2, -0.15) is 0 Å². The molecule has 3 rings (SSSR count). The van der Waals surface area contributed by atoms with Crippen molar-refractivity contribution >= 4 is 11.9 Å². The van der Waals surface area contributed by atoms with Crippen LogP contribution in [0.2, 0.25) is 0 Å². The number of piperidine rings is 1. The van der Waals surface area contributed by atoms with Gasteiger partial charge in [0.1, 0.15) is 5.69 Å². The number of amides is 1. The molecular formula is C15H24N4O. The third-order valence-electron chi connectivity index (χ3n) is 4.45. The maximum absolute atomic E-state index is 12.5. The van der Waals surface area contributed by atoms with Gasteiger partial charge in [-0.15, -0.1) is 0 Å². The number of aromatic nitrogens is 2. The number of hydrogen-bond acceptors (Lipinski definition) is 3. The predicted octanol–water partition coefficient (Wildman–Crippen LogP) is 2.35. The largest absolute Gasteiger partial charge is 0.356 e. The van der Waals surface area contributed by atoms with Gasteiger partial charge < -0.3 is 14.8 Å². The average Bonchev–Trinajstić information content (AvgIpc) is 2.91. The summed E-state index contributed by atoms with van der Waals surface area (Å²) in [5.41, 5.74) is 0.600. The van der Waals surface area contributed by atoms with Crippen LogP contribution in [0.4, 0.5) is 5.95 Å². The van der Waals surface area contributed by atoms with E-state index < -0.39 is 0 Å². The molecule has 20 heavy (non-hydrogen) atoms. The second-order valence-corrected chi connectivity index (χ2v) is 5.95. The van der Waals surface area contributed by atoms with Crippen molar-refractivity contribution in [3.05, 3.63) is 11.9 Å². The molecule has 5 nitrogen and oxygen atoms in total. The lowest BCUT2D eigenvalue weighted by Crippen LogP contribution is -2.38. The minimum atomic E-state index is 0.101. The van der Waals surface area contributed by atoms with Gasteiger partial charge in [0.25, 0.3) is 5.91 Å². The molecule has 0 bridgehead atoms. The van der Waals surface area contributed by atoms with E-state index in [1.54, 1.807) is 0 Å². The highest BCUT2D eigenvalue weighted by molar-refractivity contribution is 5.92. The molecule has 0 atom stereocenters. The van der Waals surface area contributed by atoms with Gasteiger partial charge in [-0.25, -0.2) is 4.98 Å². The molecule has 110 valence electrons. The molecular weight excluding hydrogens is 252 g/mol. The van der Waals surface area contributed by atoms with Crippen LogP contribution in [0.15, 0.2) is 6.20 Å². The van der Waals surface area contributed by atoms with Gasteiger partial charge in [0, 0.05) is 32.4 Å². The minimum absolute atomic E-state index is 0.101. The van der Waals surface area contributed by atoms with Crippen LogP contribution in [-0.2, 0) is 6.54 Å². The molecule has 0 unspecified atom stereocenters. The zero-order valence-electron chi connectivity index (χ0n) is 12.3. The Kier molecular flexibility index (Phi) is 3.94. The molecule has 5 heteroatoms. The molecule has 1 fully saturated rings. The van der Waals surface area contributed by atoms with E-state index >= 15 is 0 Å². The fourth-order valence-corrected chi connectivity index (χ4v) is 3.28. The molecule has 0 spiro atoms. The molecule has 0 aromatic carbocycles. The van der Waals surface area contributed by atoms with Gasteiger partial charge in [-0.05, 0) is 25.2 Å². The van der Waals surface area contributed by atoms with Crippen molar-refractivity contribution in [3.8, 4) is 0 Å². The Morgan fingerprint density at radius 2 is 2.20 bits per heavy atom. The molecule has 3 heterocycles. The maximum atomic E-state index is 12.5. The quantitative estimate of drug-likeness (QED) is 0.922. The maximum Gasteiger partial charge on any atom is 0.274 e. The Morgan fingerprint density at radius 1 is 1.40 bits per heavy atom. The van der Waals surface area contributed by atoms with E-state index in [0.29, 0.717) is 5.69 Å². The van der Waals surface area contributed by atoms with Crippen LogP contribution in [-0.4, -0.2) is 40.0 Å². The van der Waals surface area contributed by atoms with Gasteiger partial charge in [-0.1, -0.05) is 19.8 Å². The van der Waals surface area contributed by atoms with Crippen molar-refractivity contribution in [3.63, 3.8) is 0 Å². The molecule has 0 radical (unpaired) electrons. The van der Waals surface area contributed by atoms with Gasteiger partial charge in [0.15, 0.2) is 0 Å². The third kappa shape index (κ3) is 2.67. The first-order valence-corrected chi connectivity index (χ1v) is 7.88. The van der Waals surface area contributed by atoms with E-state index in [2.05, 4.69) is 21.8 Å². The molecule has 1 aromatic rings. The number of likely N-dealkylation sites (tertiary alicyclic amines) is 1. The Labute approximate surface area is 120 Å². The number of anilines is 1. The standard InChI is InChI=1S/C15H24N4O/c1-2-4-12-5-9-18(10-6-12)14(20)13-11-19-8-3-7-16-15(19)17-13/h11-12H,2-10H2,1H3,(H,16,17). The van der Waals surface area contributed by atoms with Crippen molar-refractivity contribution in [2.24, 2.45) is 5.92 Å². The van der Waals surface area contributed by atoms with Crippen molar-refractivity contribution in [1.82, 2.24) is 14.5 Å². The molecule has 0 aliphatic carbocycles. The highest BCUT2D eigenvalue weighted by Crippen LogP contribution is 2.23. The Hall–Kier alpha value is -1.52. The fraction of sp³-hybridized carbons (Fsp3) is 0.733. The van der Waals surface area contributed by atoms with Gasteiger partial charge in [-0.3, -0.25) is 4.79 Å². The number of rotatable bonds is 3. The summed E-state index contributed by atoms with van der Waals surface area (Å²) in [5.74, 6) is 1.75. The number of aryl methyl sites for hydroxylation is 1. The lowest BCUT2D eigenvalue weighted by molar-refractivity contribution is 0.0681. The molecule has 0 saturated carbocycles. The van der Waals surface area contributed by atoms with Crippen molar-refractivity contribution < 1.29 is 4.79 Å². The van der Waals surface area contributed by atoms with Crippen LogP contribution in [0.5, 0.6) is 0 Å². The van der Waals surface area contributed by atoms with Crippen molar-refractivity contribution in [2.75, 3.05) is 25.0 Å². The summed E-state index contributed by atoms with van der Waals surface area (Å²) in [4.78, 5) is 18.9. The molecule has 1 amide bonds. The third-order valence-corrected chi connectivity index (χ3v) is 4.45. The highest BCUT2D eigenvalue weighted by Gasteiger charge is 2.25. The monoisotopic (exact) mass is 276 g/mol. The summed E-state index contributed by atoms with van der Waals surface area (Å²) < 4.78 is 2.06. The van der Waals surface area contributed by atoms with Gasteiger partial charge >= 0.3 is 0 Å². The Bertz CT molecular complexity index is 451. The zero-order valence-corrected chi connectivity index (χ0v) is 12.3. The van der Waals surface area contributed by atoms with E-state index in [1.165, 1.54) is 12.8 Å². The van der Waals surface area contributed by atoms with Gasteiger partial charge in [0.2, 0.25) is 5.95 Å². The first-order chi connectivity index (χ1) is 9.78. The second-order valence-electron chi connectivity index (χ2n) is 5.95. The summed E-state index contributed by atoms with van der Waals surface area (Å²) in [6, 6.07) is 0. The number of hydrogen-bond donors (Lipinski definition) is 1. The first kappa shape index (κ1) is 13.5. The molecule has 1 saturated heterocycles. The summed E-state index contributed by atoms with van der Waals surface area (Å²) in [6.07, 6.45) is 7.83. The number of fused-ring (bicyclic) bond motifs is 1. The Balaban J connectivity index is 1.63. The van der Waals surface area contributed by atoms with Crippen LogP contribution in [0.3, 0.4) is 0 Å². The minimum Gasteiger partial charge on any atom is -0.356 e. The summed E-state index contributed by atoms with van der Waals surface area (Å²) in [6.45, 7) is 5.92. The molecule has 2 aliphatic heterocycles. The summed E-state index contributed by atoms with van der Waals surface area (Å²) in [7, 11) is 0. The van der Waals surface area contributed by atoms with Crippen LogP contribution in [0, 0.1) is 5.92 Å². The van der Waals surface area contributed by atoms with Crippen LogP contribution in [0.1, 0.15) is 49.5 Å². The van der Waals surface area contributed by atoms with Crippen molar-refractivity contribution in [2.45, 2.75) is 45.6 Å². The number of imidazole rings is 1. The van der Waals surface area contributed by atoms with E-state index in [4.69, 9.17) is 0 Å². The molecule has 2 aliphatic rings. The van der Waals surface area contributed by atoms with E-state index in [9.17, 15) is 4.79 Å². The smallest absolute Gasteiger partial charge is 0.274 e. The highest BCUT2D eigenvalue weighted by atomic mass is 16.2. The molecule has 1 N–H and O–H groups in total. The predicted molar refractivity (Wildman–Crippen MR) is 78.9 cm³/mol. The van der Waals surface area contributed by atoms with E-state index in [-0.39, 0.29) is 5.91 Å². The number of carbonyl (C=O) groups excluding carboxylic acids is 1. The van der Waals surface area contributed by atoms with E-state index in [1.807, 2.05) is 11.1 Å². The van der Waals surface area contributed by atoms with Crippen LogP contribution in [0.25, 0.3) is 0 Å². The number of nitrogens with one attached hydrogen (secondary N) is 1. The van der Waals surface area contributed by atoms with E-state index in [0.717, 1.165) is 57.3 Å². The lowest BCUT2D eigenvalue weighted by Gasteiger charge is -2.31. The summed E-state index contributed by atoms with van der Waals surface area (Å²) >= 11 is 0. The van der Waals surface area contributed by atoms with Crippen molar-refractivity contribution in [1.29, 1.82) is 0 Å².